The lowest BCUT2D eigenvalue weighted by Crippen LogP contribution is -2.38. The smallest absolute Gasteiger partial charge is 0.342 e. The van der Waals surface area contributed by atoms with E-state index in [1.807, 2.05) is 6.92 Å². The molecule has 1 fully saturated rings. The Morgan fingerprint density at radius 2 is 2.00 bits per heavy atom. The average Bonchev–Trinajstić information content (AvgIpc) is 2.44. The molecule has 118 valence electrons. The number of phenolic OH excluding ortho intramolecular Hbond substituents is 1. The van der Waals surface area contributed by atoms with E-state index < -0.39 is 11.6 Å². The van der Waals surface area contributed by atoms with Crippen LogP contribution in [0.5, 0.6) is 5.75 Å². The number of aromatic hydroxyl groups is 1. The maximum absolute atomic E-state index is 12.3. The number of esters is 1. The van der Waals surface area contributed by atoms with Gasteiger partial charge >= 0.3 is 5.97 Å². The Morgan fingerprint density at radius 3 is 2.59 bits per heavy atom. The second kappa shape index (κ2) is 6.75. The molecule has 0 bridgehead atoms. The summed E-state index contributed by atoms with van der Waals surface area (Å²) in [6, 6.07) is 6.34. The molecule has 0 atom stereocenters. The molecule has 1 saturated heterocycles. The number of benzene rings is 1. The van der Waals surface area contributed by atoms with Crippen molar-refractivity contribution in [2.75, 3.05) is 13.2 Å². The van der Waals surface area contributed by atoms with Crippen molar-refractivity contribution >= 4 is 17.8 Å². The highest BCUT2D eigenvalue weighted by Crippen LogP contribution is 2.26. The Bertz CT molecular complexity index is 597. The molecular formula is C17H20O5. The number of carbonyl (C=O) groups is 2. The molecule has 2 rings (SSSR count). The lowest BCUT2D eigenvalue weighted by atomic mass is 9.96. The summed E-state index contributed by atoms with van der Waals surface area (Å²) in [7, 11) is 0. The monoisotopic (exact) mass is 304 g/mol. The van der Waals surface area contributed by atoms with Crippen molar-refractivity contribution in [1.82, 2.24) is 0 Å². The van der Waals surface area contributed by atoms with Crippen molar-refractivity contribution < 1.29 is 24.2 Å². The number of Topliss-reactive ketones (excluding diaryl/α,β-unsaturated/α-hetero) is 1. The van der Waals surface area contributed by atoms with Gasteiger partial charge < -0.3 is 14.6 Å². The van der Waals surface area contributed by atoms with E-state index >= 15 is 0 Å². The van der Waals surface area contributed by atoms with Gasteiger partial charge in [0.2, 0.25) is 0 Å². The van der Waals surface area contributed by atoms with Crippen LogP contribution in [0.2, 0.25) is 0 Å². The van der Waals surface area contributed by atoms with E-state index in [9.17, 15) is 14.7 Å². The Labute approximate surface area is 129 Å². The highest BCUT2D eigenvalue weighted by molar-refractivity contribution is 6.19. The van der Waals surface area contributed by atoms with Crippen molar-refractivity contribution in [3.05, 3.63) is 35.4 Å². The molecule has 0 spiro atoms. The van der Waals surface area contributed by atoms with E-state index in [0.717, 1.165) is 0 Å². The fraction of sp³-hybridized carbons (Fsp3) is 0.412. The molecule has 0 aromatic heterocycles. The van der Waals surface area contributed by atoms with Crippen LogP contribution in [0.3, 0.4) is 0 Å². The summed E-state index contributed by atoms with van der Waals surface area (Å²) in [5.41, 5.74) is -0.0690. The van der Waals surface area contributed by atoms with Crippen molar-refractivity contribution in [3.8, 4) is 5.75 Å². The predicted molar refractivity (Wildman–Crippen MR) is 81.3 cm³/mol. The quantitative estimate of drug-likeness (QED) is 0.400. The summed E-state index contributed by atoms with van der Waals surface area (Å²) in [6.45, 7) is 4.24. The number of rotatable bonds is 4. The second-order valence-corrected chi connectivity index (χ2v) is 5.66. The van der Waals surface area contributed by atoms with Gasteiger partial charge in [0.05, 0.1) is 13.2 Å². The lowest BCUT2D eigenvalue weighted by Gasteiger charge is -2.33. The van der Waals surface area contributed by atoms with Gasteiger partial charge in [-0.15, -0.1) is 0 Å². The number of hydrogen-bond donors (Lipinski definition) is 1. The van der Waals surface area contributed by atoms with Gasteiger partial charge in [-0.25, -0.2) is 4.79 Å². The number of ether oxygens (including phenoxy) is 2. The molecule has 1 aromatic rings. The minimum absolute atomic E-state index is 0.0293. The molecule has 0 saturated carbocycles. The minimum Gasteiger partial charge on any atom is -0.508 e. The highest BCUT2D eigenvalue weighted by Gasteiger charge is 2.33. The molecule has 0 unspecified atom stereocenters. The maximum atomic E-state index is 12.3. The highest BCUT2D eigenvalue weighted by atomic mass is 16.6. The summed E-state index contributed by atoms with van der Waals surface area (Å²) in [4.78, 5) is 24.1. The molecule has 0 amide bonds. The molecule has 1 aliphatic rings. The average molecular weight is 304 g/mol. The molecule has 1 aromatic carbocycles. The van der Waals surface area contributed by atoms with E-state index in [0.29, 0.717) is 31.6 Å². The first-order chi connectivity index (χ1) is 10.4. The molecule has 5 heteroatoms. The zero-order valence-electron chi connectivity index (χ0n) is 12.8. The van der Waals surface area contributed by atoms with E-state index in [1.165, 1.54) is 25.1 Å². The maximum Gasteiger partial charge on any atom is 0.342 e. The van der Waals surface area contributed by atoms with Gasteiger partial charge in [-0.2, -0.15) is 0 Å². The standard InChI is InChI=1S/C17H20O5/c1-12(18)15(11-13-4-3-5-14(19)10-13)16(20)22-17(2)6-8-21-9-7-17/h3-5,10-11,19H,6-9H2,1-2H3/b15-11-. The Balaban J connectivity index is 2.20. The molecular weight excluding hydrogens is 284 g/mol. The minimum atomic E-state index is -0.639. The predicted octanol–water partition coefficient (Wildman–Crippen LogP) is 2.48. The number of hydrogen-bond acceptors (Lipinski definition) is 5. The largest absolute Gasteiger partial charge is 0.508 e. The number of carbonyl (C=O) groups excluding carboxylic acids is 2. The summed E-state index contributed by atoms with van der Waals surface area (Å²) in [6.07, 6.45) is 2.65. The second-order valence-electron chi connectivity index (χ2n) is 5.66. The van der Waals surface area contributed by atoms with Gasteiger partial charge in [0.1, 0.15) is 16.9 Å². The number of ketones is 1. The Kier molecular flexibility index (Phi) is 4.98. The van der Waals surface area contributed by atoms with Crippen LogP contribution in [-0.4, -0.2) is 35.7 Å². The van der Waals surface area contributed by atoms with Crippen molar-refractivity contribution in [2.24, 2.45) is 0 Å². The summed E-state index contributed by atoms with van der Waals surface area (Å²) >= 11 is 0. The van der Waals surface area contributed by atoms with Gasteiger partial charge in [-0.3, -0.25) is 4.79 Å². The number of phenols is 1. The van der Waals surface area contributed by atoms with Crippen LogP contribution in [0.15, 0.2) is 29.8 Å². The third kappa shape index (κ3) is 4.18. The van der Waals surface area contributed by atoms with Crippen LogP contribution in [-0.2, 0) is 19.1 Å². The first-order valence-electron chi connectivity index (χ1n) is 7.22. The van der Waals surface area contributed by atoms with Crippen molar-refractivity contribution in [3.63, 3.8) is 0 Å². The van der Waals surface area contributed by atoms with Gasteiger partial charge in [-0.1, -0.05) is 12.1 Å². The fourth-order valence-corrected chi connectivity index (χ4v) is 2.27. The van der Waals surface area contributed by atoms with E-state index in [2.05, 4.69) is 0 Å². The third-order valence-corrected chi connectivity index (χ3v) is 3.67. The zero-order chi connectivity index (χ0) is 16.2. The van der Waals surface area contributed by atoms with E-state index in [1.54, 1.807) is 12.1 Å². The molecule has 1 heterocycles. The van der Waals surface area contributed by atoms with Crippen LogP contribution < -0.4 is 0 Å². The summed E-state index contributed by atoms with van der Waals surface area (Å²) < 4.78 is 10.8. The first kappa shape index (κ1) is 16.2. The fourth-order valence-electron chi connectivity index (χ4n) is 2.27. The van der Waals surface area contributed by atoms with Crippen LogP contribution in [0.1, 0.15) is 32.3 Å². The van der Waals surface area contributed by atoms with Crippen molar-refractivity contribution in [1.29, 1.82) is 0 Å². The van der Waals surface area contributed by atoms with Crippen LogP contribution >= 0.6 is 0 Å². The zero-order valence-corrected chi connectivity index (χ0v) is 12.8. The summed E-state index contributed by atoms with van der Waals surface area (Å²) in [5, 5.41) is 9.46. The van der Waals surface area contributed by atoms with Gasteiger partial charge in [0, 0.05) is 12.8 Å². The van der Waals surface area contributed by atoms with Gasteiger partial charge in [-0.05, 0) is 37.6 Å². The molecule has 5 nitrogen and oxygen atoms in total. The molecule has 1 aliphatic heterocycles. The first-order valence-corrected chi connectivity index (χ1v) is 7.22. The van der Waals surface area contributed by atoms with Crippen LogP contribution in [0.4, 0.5) is 0 Å². The third-order valence-electron chi connectivity index (χ3n) is 3.67. The summed E-state index contributed by atoms with van der Waals surface area (Å²) in [5.74, 6) is -0.939. The molecule has 0 radical (unpaired) electrons. The van der Waals surface area contributed by atoms with Crippen LogP contribution in [0.25, 0.3) is 6.08 Å². The molecule has 1 N–H and O–H groups in total. The SMILES string of the molecule is CC(=O)/C(=C/c1cccc(O)c1)C(=O)OC1(C)CCOCC1. The normalized spacial score (nSPS) is 17.8. The van der Waals surface area contributed by atoms with Gasteiger partial charge in [0.25, 0.3) is 0 Å². The van der Waals surface area contributed by atoms with E-state index in [-0.39, 0.29) is 17.1 Å². The molecule has 0 aliphatic carbocycles. The lowest BCUT2D eigenvalue weighted by molar-refractivity contribution is -0.161. The topological polar surface area (TPSA) is 72.8 Å². The van der Waals surface area contributed by atoms with Gasteiger partial charge in [0.15, 0.2) is 5.78 Å². The Morgan fingerprint density at radius 1 is 1.32 bits per heavy atom. The van der Waals surface area contributed by atoms with Crippen LogP contribution in [0, 0.1) is 0 Å². The Hall–Kier alpha value is -2.14. The molecule has 22 heavy (non-hydrogen) atoms. The van der Waals surface area contributed by atoms with E-state index in [4.69, 9.17) is 9.47 Å². The van der Waals surface area contributed by atoms with Crippen molar-refractivity contribution in [2.45, 2.75) is 32.3 Å².